The predicted octanol–water partition coefficient (Wildman–Crippen LogP) is 4.56. The molecule has 0 heterocycles. The fourth-order valence-corrected chi connectivity index (χ4v) is 1.86. The molecule has 2 nitrogen and oxygen atoms in total. The summed E-state index contributed by atoms with van der Waals surface area (Å²) in [5.41, 5.74) is 0.855. The highest BCUT2D eigenvalue weighted by molar-refractivity contribution is 9.10. The molecule has 0 aliphatic carbocycles. The number of hydrogen-bond acceptors (Lipinski definition) is 2. The van der Waals surface area contributed by atoms with Gasteiger partial charge in [-0.3, -0.25) is 0 Å². The van der Waals surface area contributed by atoms with E-state index in [-0.39, 0.29) is 5.75 Å². The zero-order valence-corrected chi connectivity index (χ0v) is 11.2. The van der Waals surface area contributed by atoms with Crippen molar-refractivity contribution in [1.82, 2.24) is 0 Å². The molecule has 2 aromatic carbocycles. The van der Waals surface area contributed by atoms with Gasteiger partial charge in [0.2, 0.25) is 0 Å². The molecule has 0 atom stereocenters. The minimum absolute atomic E-state index is 0.119. The van der Waals surface area contributed by atoms with E-state index in [1.54, 1.807) is 37.3 Å². The van der Waals surface area contributed by atoms with Gasteiger partial charge < -0.3 is 4.74 Å². The van der Waals surface area contributed by atoms with Crippen LogP contribution < -0.4 is 4.74 Å². The SMILES string of the molecule is Cc1cccc(Oc2ccc(Br)cc2C#N)c1F. The molecule has 2 rings (SSSR count). The second-order valence-corrected chi connectivity index (χ2v) is 4.66. The Kier molecular flexibility index (Phi) is 3.63. The van der Waals surface area contributed by atoms with Crippen molar-refractivity contribution in [2.45, 2.75) is 6.92 Å². The zero-order valence-electron chi connectivity index (χ0n) is 9.58. The Hall–Kier alpha value is -1.86. The topological polar surface area (TPSA) is 33.0 Å². The maximum Gasteiger partial charge on any atom is 0.168 e. The number of nitrogens with zero attached hydrogens (tertiary/aromatic N) is 1. The first-order chi connectivity index (χ1) is 8.61. The summed E-state index contributed by atoms with van der Waals surface area (Å²) in [5.74, 6) is 0.0448. The number of hydrogen-bond donors (Lipinski definition) is 0. The second kappa shape index (κ2) is 5.19. The van der Waals surface area contributed by atoms with Gasteiger partial charge in [-0.05, 0) is 36.8 Å². The minimum Gasteiger partial charge on any atom is -0.453 e. The first kappa shape index (κ1) is 12.6. The van der Waals surface area contributed by atoms with E-state index in [1.807, 2.05) is 6.07 Å². The zero-order chi connectivity index (χ0) is 13.1. The molecule has 0 aliphatic rings. The van der Waals surface area contributed by atoms with E-state index in [0.29, 0.717) is 16.9 Å². The second-order valence-electron chi connectivity index (χ2n) is 3.74. The normalized spacial score (nSPS) is 9.89. The largest absolute Gasteiger partial charge is 0.453 e. The maximum atomic E-state index is 13.8. The summed E-state index contributed by atoms with van der Waals surface area (Å²) in [6.07, 6.45) is 0. The Bertz CT molecular complexity index is 634. The lowest BCUT2D eigenvalue weighted by molar-refractivity contribution is 0.439. The highest BCUT2D eigenvalue weighted by Crippen LogP contribution is 2.30. The van der Waals surface area contributed by atoms with Crippen molar-refractivity contribution in [3.63, 3.8) is 0 Å². The average Bonchev–Trinajstić information content (AvgIpc) is 2.37. The summed E-state index contributed by atoms with van der Waals surface area (Å²) in [4.78, 5) is 0. The average molecular weight is 306 g/mol. The van der Waals surface area contributed by atoms with Crippen LogP contribution in [-0.4, -0.2) is 0 Å². The third kappa shape index (κ3) is 2.52. The Balaban J connectivity index is 2.41. The minimum atomic E-state index is -0.413. The predicted molar refractivity (Wildman–Crippen MR) is 70.1 cm³/mol. The van der Waals surface area contributed by atoms with Gasteiger partial charge in [-0.25, -0.2) is 4.39 Å². The van der Waals surface area contributed by atoms with Gasteiger partial charge in [0.25, 0.3) is 0 Å². The summed E-state index contributed by atoms with van der Waals surface area (Å²) >= 11 is 3.27. The van der Waals surface area contributed by atoms with Crippen molar-refractivity contribution >= 4 is 15.9 Å². The molecule has 0 saturated carbocycles. The van der Waals surface area contributed by atoms with Crippen LogP contribution >= 0.6 is 15.9 Å². The molecule has 0 fully saturated rings. The van der Waals surface area contributed by atoms with Crippen molar-refractivity contribution in [3.8, 4) is 17.6 Å². The number of aryl methyl sites for hydroxylation is 1. The van der Waals surface area contributed by atoms with Gasteiger partial charge in [-0.2, -0.15) is 5.26 Å². The fourth-order valence-electron chi connectivity index (χ4n) is 1.50. The van der Waals surface area contributed by atoms with Crippen LogP contribution in [0.2, 0.25) is 0 Å². The van der Waals surface area contributed by atoms with Crippen LogP contribution in [0.4, 0.5) is 4.39 Å². The van der Waals surface area contributed by atoms with E-state index in [2.05, 4.69) is 15.9 Å². The summed E-state index contributed by atoms with van der Waals surface area (Å²) in [6, 6.07) is 11.9. The van der Waals surface area contributed by atoms with Crippen LogP contribution in [0.15, 0.2) is 40.9 Å². The summed E-state index contributed by atoms with van der Waals surface area (Å²) in [7, 11) is 0. The van der Waals surface area contributed by atoms with E-state index >= 15 is 0 Å². The summed E-state index contributed by atoms with van der Waals surface area (Å²) in [5, 5.41) is 9.00. The van der Waals surface area contributed by atoms with Gasteiger partial charge in [0.05, 0.1) is 5.56 Å². The highest BCUT2D eigenvalue weighted by atomic mass is 79.9. The molecule has 0 aliphatic heterocycles. The third-order valence-corrected chi connectivity index (χ3v) is 2.93. The van der Waals surface area contributed by atoms with Gasteiger partial charge >= 0.3 is 0 Å². The van der Waals surface area contributed by atoms with Crippen LogP contribution in [0, 0.1) is 24.1 Å². The van der Waals surface area contributed by atoms with Crippen molar-refractivity contribution in [2.24, 2.45) is 0 Å². The van der Waals surface area contributed by atoms with Gasteiger partial charge in [0.15, 0.2) is 11.6 Å². The summed E-state index contributed by atoms with van der Waals surface area (Å²) < 4.78 is 20.0. The molecule has 0 spiro atoms. The number of halogens is 2. The Labute approximate surface area is 113 Å². The molecular weight excluding hydrogens is 297 g/mol. The molecule has 90 valence electrons. The lowest BCUT2D eigenvalue weighted by atomic mass is 10.2. The monoisotopic (exact) mass is 305 g/mol. The molecule has 0 N–H and O–H groups in total. The Morgan fingerprint density at radius 2 is 2.00 bits per heavy atom. The molecular formula is C14H9BrFNO. The van der Waals surface area contributed by atoms with E-state index < -0.39 is 5.82 Å². The van der Waals surface area contributed by atoms with Gasteiger partial charge in [0, 0.05) is 4.47 Å². The quantitative estimate of drug-likeness (QED) is 0.815. The van der Waals surface area contributed by atoms with Crippen LogP contribution in [0.25, 0.3) is 0 Å². The summed E-state index contributed by atoms with van der Waals surface area (Å²) in [6.45, 7) is 1.66. The van der Waals surface area contributed by atoms with Gasteiger partial charge in [-0.1, -0.05) is 28.1 Å². The van der Waals surface area contributed by atoms with Crippen molar-refractivity contribution in [1.29, 1.82) is 5.26 Å². The van der Waals surface area contributed by atoms with Gasteiger partial charge in [0.1, 0.15) is 11.8 Å². The van der Waals surface area contributed by atoms with Crippen LogP contribution in [0.3, 0.4) is 0 Å². The number of ether oxygens (including phenoxy) is 1. The van der Waals surface area contributed by atoms with Crippen LogP contribution in [0.5, 0.6) is 11.5 Å². The van der Waals surface area contributed by atoms with Crippen LogP contribution in [-0.2, 0) is 0 Å². The molecule has 2 aromatic rings. The standard InChI is InChI=1S/C14H9BrFNO/c1-9-3-2-4-13(14(9)16)18-12-6-5-11(15)7-10(12)8-17/h2-7H,1H3. The van der Waals surface area contributed by atoms with Crippen molar-refractivity contribution in [3.05, 3.63) is 57.8 Å². The van der Waals surface area contributed by atoms with E-state index in [0.717, 1.165) is 4.47 Å². The molecule has 0 unspecified atom stereocenters. The van der Waals surface area contributed by atoms with Crippen molar-refractivity contribution in [2.75, 3.05) is 0 Å². The first-order valence-electron chi connectivity index (χ1n) is 5.24. The van der Waals surface area contributed by atoms with E-state index in [9.17, 15) is 4.39 Å². The van der Waals surface area contributed by atoms with Crippen molar-refractivity contribution < 1.29 is 9.13 Å². The fraction of sp³-hybridized carbons (Fsp3) is 0.0714. The molecule has 4 heteroatoms. The number of benzene rings is 2. The Morgan fingerprint density at radius 3 is 2.72 bits per heavy atom. The molecule has 0 amide bonds. The van der Waals surface area contributed by atoms with Crippen LogP contribution in [0.1, 0.15) is 11.1 Å². The van der Waals surface area contributed by atoms with Gasteiger partial charge in [-0.15, -0.1) is 0 Å². The number of rotatable bonds is 2. The molecule has 0 aromatic heterocycles. The first-order valence-corrected chi connectivity index (χ1v) is 6.03. The van der Waals surface area contributed by atoms with E-state index in [1.165, 1.54) is 6.07 Å². The number of nitriles is 1. The lowest BCUT2D eigenvalue weighted by Crippen LogP contribution is -1.93. The third-order valence-electron chi connectivity index (χ3n) is 2.44. The molecule has 0 bridgehead atoms. The smallest absolute Gasteiger partial charge is 0.168 e. The highest BCUT2D eigenvalue weighted by Gasteiger charge is 2.10. The Morgan fingerprint density at radius 1 is 1.22 bits per heavy atom. The molecule has 18 heavy (non-hydrogen) atoms. The molecule has 0 radical (unpaired) electrons. The molecule has 0 saturated heterocycles. The lowest BCUT2D eigenvalue weighted by Gasteiger charge is -2.09. The van der Waals surface area contributed by atoms with E-state index in [4.69, 9.17) is 10.00 Å². The maximum absolute atomic E-state index is 13.8.